The molecule has 0 saturated carbocycles. The minimum Gasteiger partial charge on any atom is -0.481 e. The third-order valence-electron chi connectivity index (χ3n) is 5.97. The van der Waals surface area contributed by atoms with E-state index in [1.165, 1.54) is 0 Å². The summed E-state index contributed by atoms with van der Waals surface area (Å²) in [7, 11) is 0. The molecule has 24 heavy (non-hydrogen) atoms. The first-order chi connectivity index (χ1) is 11.3. The molecule has 3 fully saturated rings. The van der Waals surface area contributed by atoms with E-state index < -0.39 is 17.4 Å². The highest BCUT2D eigenvalue weighted by molar-refractivity contribution is 5.88. The molecule has 0 aromatic heterocycles. The predicted octanol–water partition coefficient (Wildman–Crippen LogP) is 0.153. The number of piperidine rings is 1. The van der Waals surface area contributed by atoms with Crippen molar-refractivity contribution in [2.75, 3.05) is 45.9 Å². The second-order valence-electron chi connectivity index (χ2n) is 7.99. The zero-order valence-electron chi connectivity index (χ0n) is 14.7. The smallest absolute Gasteiger partial charge is 0.309 e. The van der Waals surface area contributed by atoms with Crippen molar-refractivity contribution in [1.29, 1.82) is 0 Å². The Morgan fingerprint density at radius 1 is 1.29 bits per heavy atom. The van der Waals surface area contributed by atoms with Crippen molar-refractivity contribution in [3.8, 4) is 0 Å². The van der Waals surface area contributed by atoms with Crippen LogP contribution in [0, 0.1) is 5.92 Å². The molecule has 1 unspecified atom stereocenters. The van der Waals surface area contributed by atoms with Crippen LogP contribution in [0.5, 0.6) is 0 Å². The topological polar surface area (TPSA) is 82.1 Å². The van der Waals surface area contributed by atoms with Gasteiger partial charge in [-0.25, -0.2) is 0 Å². The Kier molecular flexibility index (Phi) is 4.86. The first kappa shape index (κ1) is 17.6. The van der Waals surface area contributed by atoms with E-state index in [4.69, 9.17) is 4.74 Å². The molecule has 1 atom stereocenters. The van der Waals surface area contributed by atoms with Crippen LogP contribution in [0.3, 0.4) is 0 Å². The zero-order valence-corrected chi connectivity index (χ0v) is 14.7. The Balaban J connectivity index is 1.58. The summed E-state index contributed by atoms with van der Waals surface area (Å²) >= 11 is 0. The van der Waals surface area contributed by atoms with Gasteiger partial charge in [0, 0.05) is 44.7 Å². The second-order valence-corrected chi connectivity index (χ2v) is 7.99. The molecule has 1 spiro atoms. The standard InChI is InChI=1S/C17H29N3O4/c1-16(2,20-7-9-24-10-8-20)12-19-5-3-17(4-6-19)13(15(22)23)11-14(21)18-17/h13H,3-12H2,1-2H3,(H,18,21)(H,22,23). The van der Waals surface area contributed by atoms with Crippen molar-refractivity contribution in [3.63, 3.8) is 0 Å². The molecule has 3 aliphatic rings. The first-order valence-electron chi connectivity index (χ1n) is 8.91. The van der Waals surface area contributed by atoms with Gasteiger partial charge in [-0.05, 0) is 26.7 Å². The number of hydrogen-bond acceptors (Lipinski definition) is 5. The summed E-state index contributed by atoms with van der Waals surface area (Å²) < 4.78 is 5.44. The number of hydrogen-bond donors (Lipinski definition) is 2. The van der Waals surface area contributed by atoms with Gasteiger partial charge in [0.05, 0.1) is 24.7 Å². The van der Waals surface area contributed by atoms with Crippen LogP contribution in [0.25, 0.3) is 0 Å². The highest BCUT2D eigenvalue weighted by atomic mass is 16.5. The van der Waals surface area contributed by atoms with E-state index >= 15 is 0 Å². The third kappa shape index (κ3) is 3.43. The molecule has 7 heteroatoms. The number of carbonyl (C=O) groups excluding carboxylic acids is 1. The van der Waals surface area contributed by atoms with E-state index in [0.29, 0.717) is 0 Å². The molecule has 7 nitrogen and oxygen atoms in total. The Hall–Kier alpha value is -1.18. The van der Waals surface area contributed by atoms with Crippen LogP contribution in [-0.2, 0) is 14.3 Å². The molecule has 3 rings (SSSR count). The van der Waals surface area contributed by atoms with Crippen molar-refractivity contribution in [3.05, 3.63) is 0 Å². The second kappa shape index (κ2) is 6.61. The summed E-state index contributed by atoms with van der Waals surface area (Å²) in [6, 6.07) is 0. The summed E-state index contributed by atoms with van der Waals surface area (Å²) in [6.07, 6.45) is 1.55. The van der Waals surface area contributed by atoms with E-state index in [9.17, 15) is 14.7 Å². The van der Waals surface area contributed by atoms with E-state index in [-0.39, 0.29) is 17.9 Å². The minimum absolute atomic E-state index is 0.0689. The lowest BCUT2D eigenvalue weighted by Gasteiger charge is -2.47. The monoisotopic (exact) mass is 339 g/mol. The maximum atomic E-state index is 11.7. The number of ether oxygens (including phenoxy) is 1. The average molecular weight is 339 g/mol. The van der Waals surface area contributed by atoms with Crippen LogP contribution in [0.2, 0.25) is 0 Å². The first-order valence-corrected chi connectivity index (χ1v) is 8.91. The lowest BCUT2D eigenvalue weighted by Crippen LogP contribution is -2.60. The van der Waals surface area contributed by atoms with Crippen molar-refractivity contribution in [1.82, 2.24) is 15.1 Å². The van der Waals surface area contributed by atoms with Crippen molar-refractivity contribution < 1.29 is 19.4 Å². The van der Waals surface area contributed by atoms with Crippen LogP contribution < -0.4 is 5.32 Å². The number of likely N-dealkylation sites (tertiary alicyclic amines) is 1. The number of carboxylic acids is 1. The molecule has 0 bridgehead atoms. The van der Waals surface area contributed by atoms with Crippen molar-refractivity contribution in [2.45, 2.75) is 44.2 Å². The molecular weight excluding hydrogens is 310 g/mol. The minimum atomic E-state index is -0.851. The van der Waals surface area contributed by atoms with Gasteiger partial charge in [0.15, 0.2) is 0 Å². The molecule has 0 radical (unpaired) electrons. The number of aliphatic carboxylic acids is 1. The summed E-state index contributed by atoms with van der Waals surface area (Å²) in [4.78, 5) is 28.1. The number of rotatable bonds is 4. The average Bonchev–Trinajstić information content (AvgIpc) is 2.87. The van der Waals surface area contributed by atoms with Crippen LogP contribution in [0.1, 0.15) is 33.1 Å². The lowest BCUT2D eigenvalue weighted by molar-refractivity contribution is -0.144. The molecule has 0 aromatic rings. The molecule has 136 valence electrons. The highest BCUT2D eigenvalue weighted by Gasteiger charge is 2.51. The Morgan fingerprint density at radius 2 is 1.92 bits per heavy atom. The summed E-state index contributed by atoms with van der Waals surface area (Å²) in [5, 5.41) is 12.4. The van der Waals surface area contributed by atoms with Crippen molar-refractivity contribution in [2.24, 2.45) is 5.92 Å². The molecule has 3 aliphatic heterocycles. The Labute approximate surface area is 143 Å². The van der Waals surface area contributed by atoms with E-state index in [2.05, 4.69) is 29.0 Å². The van der Waals surface area contributed by atoms with Gasteiger partial charge in [0.2, 0.25) is 5.91 Å². The maximum Gasteiger partial charge on any atom is 0.309 e. The summed E-state index contributed by atoms with van der Waals surface area (Å²) in [6.45, 7) is 10.6. The molecule has 3 heterocycles. The van der Waals surface area contributed by atoms with Gasteiger partial charge in [-0.15, -0.1) is 0 Å². The van der Waals surface area contributed by atoms with Gasteiger partial charge in [-0.3, -0.25) is 14.5 Å². The van der Waals surface area contributed by atoms with Gasteiger partial charge in [-0.2, -0.15) is 0 Å². The largest absolute Gasteiger partial charge is 0.481 e. The quantitative estimate of drug-likeness (QED) is 0.759. The van der Waals surface area contributed by atoms with Crippen LogP contribution in [0.15, 0.2) is 0 Å². The summed E-state index contributed by atoms with van der Waals surface area (Å²) in [5.41, 5.74) is -0.470. The van der Waals surface area contributed by atoms with Crippen LogP contribution in [-0.4, -0.2) is 83.8 Å². The lowest BCUT2D eigenvalue weighted by atomic mass is 9.77. The van der Waals surface area contributed by atoms with Crippen LogP contribution in [0.4, 0.5) is 0 Å². The molecule has 3 saturated heterocycles. The molecular formula is C17H29N3O4. The number of nitrogens with zero attached hydrogens (tertiary/aromatic N) is 2. The summed E-state index contributed by atoms with van der Waals surface area (Å²) in [5.74, 6) is -1.56. The fourth-order valence-electron chi connectivity index (χ4n) is 4.52. The molecule has 0 aromatic carbocycles. The van der Waals surface area contributed by atoms with Gasteiger partial charge in [-0.1, -0.05) is 0 Å². The number of amides is 1. The number of carboxylic acid groups (broad SMARTS) is 1. The molecule has 2 N–H and O–H groups in total. The van der Waals surface area contributed by atoms with Crippen LogP contribution >= 0.6 is 0 Å². The predicted molar refractivity (Wildman–Crippen MR) is 88.8 cm³/mol. The number of carbonyl (C=O) groups is 2. The third-order valence-corrected chi connectivity index (χ3v) is 5.97. The van der Waals surface area contributed by atoms with Crippen molar-refractivity contribution >= 4 is 11.9 Å². The van der Waals surface area contributed by atoms with Gasteiger partial charge in [0.25, 0.3) is 0 Å². The Bertz CT molecular complexity index is 494. The normalized spacial score (nSPS) is 28.9. The Morgan fingerprint density at radius 3 is 2.50 bits per heavy atom. The number of morpholine rings is 1. The van der Waals surface area contributed by atoms with E-state index in [0.717, 1.165) is 58.8 Å². The molecule has 1 amide bonds. The SMILES string of the molecule is CC(C)(CN1CCC2(CC1)NC(=O)CC2C(=O)O)N1CCOCC1. The van der Waals surface area contributed by atoms with Gasteiger partial charge < -0.3 is 20.1 Å². The fourth-order valence-corrected chi connectivity index (χ4v) is 4.52. The number of nitrogens with one attached hydrogen (secondary N) is 1. The highest BCUT2D eigenvalue weighted by Crippen LogP contribution is 2.37. The fraction of sp³-hybridized carbons (Fsp3) is 0.882. The van der Waals surface area contributed by atoms with E-state index in [1.54, 1.807) is 0 Å². The molecule has 0 aliphatic carbocycles. The van der Waals surface area contributed by atoms with Gasteiger partial charge >= 0.3 is 5.97 Å². The van der Waals surface area contributed by atoms with Gasteiger partial charge in [0.1, 0.15) is 0 Å². The zero-order chi connectivity index (χ0) is 17.4. The maximum absolute atomic E-state index is 11.7. The van der Waals surface area contributed by atoms with E-state index in [1.807, 2.05) is 0 Å².